The fourth-order valence-corrected chi connectivity index (χ4v) is 11.4. The number of phosphoric acid groups is 3. The van der Waals surface area contributed by atoms with Crippen molar-refractivity contribution in [3.8, 4) is 0 Å². The lowest BCUT2D eigenvalue weighted by Crippen LogP contribution is -2.46. The van der Waals surface area contributed by atoms with Gasteiger partial charge in [-0.25, -0.2) is 28.6 Å². The predicted octanol–water partition coefficient (Wildman–Crippen LogP) is 4.46. The number of imidazole rings is 1. The van der Waals surface area contributed by atoms with Gasteiger partial charge in [0.05, 0.1) is 19.5 Å². The van der Waals surface area contributed by atoms with Crippen LogP contribution in [0.2, 0.25) is 0 Å². The Labute approximate surface area is 411 Å². The van der Waals surface area contributed by atoms with Crippen LogP contribution in [0.3, 0.4) is 0 Å². The number of nitrogens with two attached hydrogens (primary N) is 1. The predicted molar refractivity (Wildman–Crippen MR) is 254 cm³/mol. The van der Waals surface area contributed by atoms with Crippen molar-refractivity contribution in [2.24, 2.45) is 16.7 Å². The van der Waals surface area contributed by atoms with E-state index in [1.807, 2.05) is 0 Å². The van der Waals surface area contributed by atoms with Crippen molar-refractivity contribution in [1.82, 2.24) is 30.2 Å². The van der Waals surface area contributed by atoms with Crippen molar-refractivity contribution < 1.29 is 80.5 Å². The zero-order valence-corrected chi connectivity index (χ0v) is 42.6. The van der Waals surface area contributed by atoms with Crippen LogP contribution < -0.4 is 16.4 Å². The van der Waals surface area contributed by atoms with Crippen molar-refractivity contribution in [2.45, 2.75) is 147 Å². The second-order valence-corrected chi connectivity index (χ2v) is 23.7. The number of aromatic nitrogens is 4. The van der Waals surface area contributed by atoms with E-state index >= 15 is 0 Å². The molecule has 1 aromatic carbocycles. The van der Waals surface area contributed by atoms with Gasteiger partial charge in [0.15, 0.2) is 17.7 Å². The summed E-state index contributed by atoms with van der Waals surface area (Å²) in [5, 5.41) is 26.7. The molecule has 1 aliphatic heterocycles. The van der Waals surface area contributed by atoms with Crippen molar-refractivity contribution in [3.63, 3.8) is 0 Å². The highest BCUT2D eigenvalue weighted by atomic mass is 31.3. The van der Waals surface area contributed by atoms with Gasteiger partial charge in [-0.1, -0.05) is 83.1 Å². The number of hydrogen-bond acceptors (Lipinski definition) is 17. The van der Waals surface area contributed by atoms with Gasteiger partial charge < -0.3 is 50.9 Å². The maximum absolute atomic E-state index is 13.1. The molecule has 3 fully saturated rings. The number of benzene rings is 1. The average molecular weight is 1060 g/mol. The monoisotopic (exact) mass is 1060 g/mol. The van der Waals surface area contributed by atoms with Crippen LogP contribution in [0.25, 0.3) is 11.2 Å². The third-order valence-electron chi connectivity index (χ3n) is 13.1. The van der Waals surface area contributed by atoms with E-state index in [1.54, 1.807) is 0 Å². The standard InChI is InChI=1S/C44H68N7O17P3/c1-43(2,26-65-71(62,63)68-70(60,61)64-25-32-37(67-69(57,58)59)36(54)42(66-32)51-28-50-35-39(45)48-27-49-40(35)51)38(55)41(56)47-24-19-34(53)46-23-18-33(52)44(21-22-44)20-8-7-11-31-16-14-30(15-17-31)10-6-4-3-5-9-29-12-13-29/h14-17,27-29,32,36-38,42,54-55H,3-13,18-26H2,1-2H3,(H,46,53)(H,47,56)(H,60,61)(H,62,63)(H2,45,48,49)(H2,57,58,59). The Morgan fingerprint density at radius 3 is 2.17 bits per heavy atom. The van der Waals surface area contributed by atoms with E-state index in [4.69, 9.17) is 19.5 Å². The minimum Gasteiger partial charge on any atom is -0.386 e. The van der Waals surface area contributed by atoms with Crippen LogP contribution in [0.1, 0.15) is 121 Å². The molecule has 24 nitrogen and oxygen atoms in total. The topological polar surface area (TPSA) is 364 Å². The molecular weight excluding hydrogens is 991 g/mol. The third-order valence-corrected chi connectivity index (χ3v) is 16.2. The molecule has 7 atom stereocenters. The Kier molecular flexibility index (Phi) is 19.7. The van der Waals surface area contributed by atoms with Gasteiger partial charge in [-0.3, -0.25) is 32.5 Å². The minimum atomic E-state index is -5.58. The highest BCUT2D eigenvalue weighted by molar-refractivity contribution is 7.61. The first-order valence-electron chi connectivity index (χ1n) is 24.0. The number of aryl methyl sites for hydroxylation is 2. The van der Waals surface area contributed by atoms with Crippen molar-refractivity contribution in [3.05, 3.63) is 48.0 Å². The number of anilines is 1. The van der Waals surface area contributed by atoms with Gasteiger partial charge in [0.2, 0.25) is 11.8 Å². The fourth-order valence-electron chi connectivity index (χ4n) is 8.53. The number of aliphatic hydroxyl groups is 2. The maximum atomic E-state index is 13.1. The second-order valence-electron chi connectivity index (χ2n) is 19.4. The summed E-state index contributed by atoms with van der Waals surface area (Å²) in [4.78, 5) is 89.7. The molecule has 3 aliphatic rings. The highest BCUT2D eigenvalue weighted by Crippen LogP contribution is 2.61. The van der Waals surface area contributed by atoms with E-state index in [0.29, 0.717) is 0 Å². The highest BCUT2D eigenvalue weighted by Gasteiger charge is 2.51. The molecule has 2 aliphatic carbocycles. The summed E-state index contributed by atoms with van der Waals surface area (Å²) in [6.07, 6.45) is 9.32. The zero-order valence-electron chi connectivity index (χ0n) is 40.0. The van der Waals surface area contributed by atoms with Gasteiger partial charge in [-0.15, -0.1) is 0 Å². The lowest BCUT2D eigenvalue weighted by molar-refractivity contribution is -0.137. The number of amides is 2. The Balaban J connectivity index is 0.844. The summed E-state index contributed by atoms with van der Waals surface area (Å²) < 4.78 is 62.6. The first kappa shape index (κ1) is 56.7. The minimum absolute atomic E-state index is 0.0331. The fraction of sp³-hybridized carbons (Fsp3) is 0.682. The summed E-state index contributed by atoms with van der Waals surface area (Å²) in [7, 11) is -16.4. The summed E-state index contributed by atoms with van der Waals surface area (Å²) in [5.74, 6) is -0.295. The zero-order chi connectivity index (χ0) is 51.6. The summed E-state index contributed by atoms with van der Waals surface area (Å²) in [5.41, 5.74) is 6.66. The number of fused-ring (bicyclic) bond motifs is 1. The number of carbonyl (C=O) groups excluding carboxylic acids is 3. The van der Waals surface area contributed by atoms with Crippen molar-refractivity contribution in [2.75, 3.05) is 32.0 Å². The molecule has 0 spiro atoms. The first-order valence-corrected chi connectivity index (χ1v) is 28.5. The number of ether oxygens (including phenoxy) is 1. The van der Waals surface area contributed by atoms with Gasteiger partial charge in [0, 0.05) is 36.8 Å². The Hall–Kier alpha value is -3.57. The number of aliphatic hydroxyl groups excluding tert-OH is 2. The Morgan fingerprint density at radius 1 is 0.887 bits per heavy atom. The van der Waals surface area contributed by atoms with Crippen LogP contribution in [0.15, 0.2) is 36.9 Å². The van der Waals surface area contributed by atoms with E-state index in [2.05, 4.69) is 58.7 Å². The molecule has 396 valence electrons. The lowest BCUT2D eigenvalue weighted by Gasteiger charge is -2.30. The summed E-state index contributed by atoms with van der Waals surface area (Å²) >= 11 is 0. The third kappa shape index (κ3) is 17.3. The Morgan fingerprint density at radius 2 is 1.52 bits per heavy atom. The molecule has 0 radical (unpaired) electrons. The van der Waals surface area contributed by atoms with Gasteiger partial charge in [0.1, 0.15) is 42.0 Å². The van der Waals surface area contributed by atoms with Crippen LogP contribution in [-0.2, 0) is 63.5 Å². The van der Waals surface area contributed by atoms with Gasteiger partial charge in [-0.2, -0.15) is 4.31 Å². The van der Waals surface area contributed by atoms with Gasteiger partial charge >= 0.3 is 23.5 Å². The van der Waals surface area contributed by atoms with Crippen molar-refractivity contribution >= 4 is 58.0 Å². The molecule has 2 aromatic heterocycles. The number of nitrogens with zero attached hydrogens (tertiary/aromatic N) is 4. The van der Waals surface area contributed by atoms with E-state index in [0.717, 1.165) is 68.1 Å². The quantitative estimate of drug-likeness (QED) is 0.0308. The average Bonchev–Trinajstić information content (AvgIpc) is 4.23. The van der Waals surface area contributed by atoms with Crippen molar-refractivity contribution in [1.29, 1.82) is 0 Å². The number of rotatable bonds is 32. The Bertz CT molecular complexity index is 2430. The van der Waals surface area contributed by atoms with Gasteiger partial charge in [-0.05, 0) is 62.0 Å². The van der Waals surface area contributed by atoms with E-state index in [-0.39, 0.29) is 54.1 Å². The van der Waals surface area contributed by atoms with Crippen LogP contribution in [0.4, 0.5) is 5.82 Å². The molecule has 2 saturated carbocycles. The van der Waals surface area contributed by atoms with E-state index in [1.165, 1.54) is 69.9 Å². The van der Waals surface area contributed by atoms with E-state index in [9.17, 15) is 57.9 Å². The SMILES string of the molecule is CC(C)(COP(=O)(O)OP(=O)(O)OCC1OC(n2cnc3c(N)ncnc32)C(O)C1OP(=O)(O)O)C(O)C(=O)NCCC(=O)NCCC(=O)C1(CCCCc2ccc(CCCCCCC3CC3)cc2)CC1. The molecule has 10 N–H and O–H groups in total. The number of phosphoric ester groups is 3. The lowest BCUT2D eigenvalue weighted by atomic mass is 9.87. The van der Waals surface area contributed by atoms with Crippen LogP contribution in [0.5, 0.6) is 0 Å². The van der Waals surface area contributed by atoms with Crippen LogP contribution >= 0.6 is 23.5 Å². The number of nitrogens with one attached hydrogen (secondary N) is 2. The normalized spacial score (nSPS) is 22.1. The number of ketones is 1. The molecule has 2 amide bonds. The number of carbonyl (C=O) groups is 3. The summed E-state index contributed by atoms with van der Waals surface area (Å²) in [6.45, 7) is 0.463. The van der Waals surface area contributed by atoms with E-state index < -0.39 is 84.6 Å². The molecule has 3 heterocycles. The molecule has 3 aromatic rings. The molecular formula is C44H68N7O17P3. The molecule has 0 bridgehead atoms. The summed E-state index contributed by atoms with van der Waals surface area (Å²) in [6, 6.07) is 8.92. The van der Waals surface area contributed by atoms with Crippen LogP contribution in [0, 0.1) is 16.7 Å². The maximum Gasteiger partial charge on any atom is 0.481 e. The number of Topliss-reactive ketones (excluding diaryl/α,β-unsaturated/α-hetero) is 1. The largest absolute Gasteiger partial charge is 0.481 e. The molecule has 27 heteroatoms. The molecule has 1 saturated heterocycles. The molecule has 7 unspecified atom stereocenters. The first-order chi connectivity index (χ1) is 33.5. The van der Waals surface area contributed by atoms with Crippen LogP contribution in [-0.4, -0.2) is 118 Å². The smallest absolute Gasteiger partial charge is 0.386 e. The number of hydrogen-bond donors (Lipinski definition) is 9. The second kappa shape index (κ2) is 24.6. The van der Waals surface area contributed by atoms with Gasteiger partial charge in [0.25, 0.3) is 0 Å². The molecule has 6 rings (SSSR count). The molecule has 71 heavy (non-hydrogen) atoms. The number of nitrogen functional groups attached to an aromatic ring is 1. The number of unbranched alkanes of at least 4 members (excludes halogenated alkanes) is 4.